The van der Waals surface area contributed by atoms with Crippen molar-refractivity contribution in [3.05, 3.63) is 0 Å². The van der Waals surface area contributed by atoms with Crippen molar-refractivity contribution >= 4 is 37.9 Å². The Morgan fingerprint density at radius 1 is 0.405 bits per heavy atom. The second-order valence-electron chi connectivity index (χ2n) is 7.27. The molecule has 0 aliphatic carbocycles. The van der Waals surface area contributed by atoms with Gasteiger partial charge in [-0.05, 0) is 27.7 Å². The second kappa shape index (κ2) is 13.9. The van der Waals surface area contributed by atoms with Crippen molar-refractivity contribution in [2.24, 2.45) is 0 Å². The Labute approximate surface area is 236 Å². The fraction of sp³-hybridized carbons (Fsp3) is 1.00. The summed E-state index contributed by atoms with van der Waals surface area (Å²) >= 11 is 10.1. The number of halogens is 20. The van der Waals surface area contributed by atoms with E-state index < -0.39 is 89.3 Å². The molecule has 0 fully saturated rings. The Morgan fingerprint density at radius 2 is 0.643 bits per heavy atom. The van der Waals surface area contributed by atoms with E-state index in [1.54, 1.807) is 0 Å². The van der Waals surface area contributed by atoms with E-state index in [1.165, 1.54) is 0 Å². The Bertz CT molecular complexity index is 799. The summed E-state index contributed by atoms with van der Waals surface area (Å²) < 4.78 is 247. The van der Waals surface area contributed by atoms with E-state index in [0.717, 1.165) is 27.7 Å². The van der Waals surface area contributed by atoms with Gasteiger partial charge < -0.3 is 17.7 Å². The topological polar surface area (TPSA) is 36.9 Å². The highest BCUT2D eigenvalue weighted by atomic mass is 35.6. The summed E-state index contributed by atoms with van der Waals surface area (Å²) in [6, 6.07) is 0. The van der Waals surface area contributed by atoms with Gasteiger partial charge in [0.15, 0.2) is 0 Å². The highest BCUT2D eigenvalue weighted by Crippen LogP contribution is 2.71. The van der Waals surface area contributed by atoms with Gasteiger partial charge in [-0.25, -0.2) is 0 Å². The number of hydrogen-bond acceptors (Lipinski definition) is 4. The molecule has 0 radical (unpaired) electrons. The number of alkyl halides is 18. The van der Waals surface area contributed by atoms with Gasteiger partial charge in [0.1, 0.15) is 0 Å². The molecule has 0 atom stereocenters. The molecule has 0 spiro atoms. The standard InChI is InChI=1S/2C8H10ClF9O2Si/c1-3-19-21(9,20-4-2)8(17,18)6(12,13)5(10,11)7(14,15)16;1-3-19-21(9,20-4-2)5(6(10,11)12,7(13,14)15)8(16,17)18/h2*3-4H2,1-2H3. The molecule has 42 heavy (non-hydrogen) atoms. The molecule has 4 nitrogen and oxygen atoms in total. The average molecular weight is 745 g/mol. The molecule has 0 bridgehead atoms. The first kappa shape index (κ1) is 43.7. The molecule has 256 valence electrons. The van der Waals surface area contributed by atoms with Crippen molar-refractivity contribution in [3.8, 4) is 0 Å². The second-order valence-corrected chi connectivity index (χ2v) is 14.9. The van der Waals surface area contributed by atoms with Crippen molar-refractivity contribution in [1.29, 1.82) is 0 Å². The smallest absolute Gasteiger partial charge is 0.382 e. The Balaban J connectivity index is 0. The van der Waals surface area contributed by atoms with Crippen LogP contribution >= 0.6 is 22.2 Å². The zero-order valence-corrected chi connectivity index (χ0v) is 24.5. The lowest BCUT2D eigenvalue weighted by molar-refractivity contribution is -0.386. The van der Waals surface area contributed by atoms with Crippen molar-refractivity contribution in [1.82, 2.24) is 0 Å². The van der Waals surface area contributed by atoms with Crippen molar-refractivity contribution < 1.29 is 96.7 Å². The fourth-order valence-corrected chi connectivity index (χ4v) is 9.40. The van der Waals surface area contributed by atoms with Gasteiger partial charge in [-0.15, -0.1) is 0 Å². The van der Waals surface area contributed by atoms with Crippen molar-refractivity contribution in [2.45, 2.75) is 74.8 Å². The summed E-state index contributed by atoms with van der Waals surface area (Å²) in [5, 5.41) is -6.27. The van der Waals surface area contributed by atoms with Crippen LogP contribution in [0.5, 0.6) is 0 Å². The zero-order valence-electron chi connectivity index (χ0n) is 21.0. The molecule has 0 aliphatic heterocycles. The molecular weight excluding hydrogens is 725 g/mol. The molecule has 0 N–H and O–H groups in total. The van der Waals surface area contributed by atoms with Gasteiger partial charge in [0.2, 0.25) is 0 Å². The SMILES string of the molecule is CCO[Si](Cl)(OCC)C(C(F)(F)F)(C(F)(F)F)C(F)(F)F.CCO[Si](Cl)(OCC)C(F)(F)C(F)(F)C(F)(F)C(F)(F)F. The van der Waals surface area contributed by atoms with Gasteiger partial charge >= 0.3 is 62.9 Å². The highest BCUT2D eigenvalue weighted by Gasteiger charge is 2.95. The fourth-order valence-electron chi connectivity index (χ4n) is 2.78. The summed E-state index contributed by atoms with van der Waals surface area (Å²) in [4.78, 5) is 0. The first-order valence-electron chi connectivity index (χ1n) is 10.6. The third-order valence-electron chi connectivity index (χ3n) is 4.56. The minimum absolute atomic E-state index is 0.751. The number of rotatable bonds is 12. The first-order valence-corrected chi connectivity index (χ1v) is 16.2. The van der Waals surface area contributed by atoms with Crippen LogP contribution in [0.15, 0.2) is 0 Å². The van der Waals surface area contributed by atoms with Crippen LogP contribution in [0.1, 0.15) is 27.7 Å². The highest BCUT2D eigenvalue weighted by molar-refractivity contribution is 7.15. The lowest BCUT2D eigenvalue weighted by Crippen LogP contribution is -2.71. The van der Waals surface area contributed by atoms with Crippen LogP contribution in [-0.2, 0) is 17.7 Å². The quantitative estimate of drug-likeness (QED) is 0.114. The third kappa shape index (κ3) is 7.69. The van der Waals surface area contributed by atoms with Crippen LogP contribution in [0.2, 0.25) is 5.04 Å². The van der Waals surface area contributed by atoms with Crippen LogP contribution in [-0.4, -0.2) is 84.3 Å². The molecule has 0 rings (SSSR count). The molecule has 0 saturated carbocycles. The summed E-state index contributed by atoms with van der Waals surface area (Å²) in [6.45, 7) is 0.462. The minimum atomic E-state index is -7.02. The molecule has 0 amide bonds. The monoisotopic (exact) mass is 744 g/mol. The van der Waals surface area contributed by atoms with Crippen LogP contribution in [0, 0.1) is 0 Å². The Kier molecular flexibility index (Phi) is 14.5. The third-order valence-corrected chi connectivity index (χ3v) is 12.9. The molecule has 0 aromatic carbocycles. The van der Waals surface area contributed by atoms with Crippen molar-refractivity contribution in [2.75, 3.05) is 26.4 Å². The van der Waals surface area contributed by atoms with Gasteiger partial charge in [0.25, 0.3) is 0 Å². The summed E-state index contributed by atoms with van der Waals surface area (Å²) in [7, 11) is -12.2. The van der Waals surface area contributed by atoms with Crippen LogP contribution in [0.4, 0.5) is 79.0 Å². The first-order chi connectivity index (χ1) is 18.2. The molecule has 0 saturated heterocycles. The van der Waals surface area contributed by atoms with Gasteiger partial charge in [-0.2, -0.15) is 79.0 Å². The molecule has 0 aromatic heterocycles. The van der Waals surface area contributed by atoms with E-state index in [9.17, 15) is 79.0 Å². The molecule has 26 heteroatoms. The van der Waals surface area contributed by atoms with Gasteiger partial charge in [-0.1, -0.05) is 22.2 Å². The van der Waals surface area contributed by atoms with Crippen LogP contribution in [0.3, 0.4) is 0 Å². The van der Waals surface area contributed by atoms with E-state index in [-0.39, 0.29) is 0 Å². The predicted molar refractivity (Wildman–Crippen MR) is 111 cm³/mol. The van der Waals surface area contributed by atoms with E-state index in [4.69, 9.17) is 22.2 Å². The van der Waals surface area contributed by atoms with Gasteiger partial charge in [0.05, 0.1) is 0 Å². The van der Waals surface area contributed by atoms with Crippen molar-refractivity contribution in [3.63, 3.8) is 0 Å². The molecular formula is C16H20Cl2F18O4Si2. The van der Waals surface area contributed by atoms with Crippen LogP contribution in [0.25, 0.3) is 0 Å². The lowest BCUT2D eigenvalue weighted by Gasteiger charge is -2.44. The molecule has 0 aromatic rings. The Hall–Kier alpha value is -0.406. The van der Waals surface area contributed by atoms with E-state index in [2.05, 4.69) is 17.7 Å². The summed E-state index contributed by atoms with van der Waals surface area (Å²) in [6.07, 6.45) is -27.3. The normalized spacial score (nSPS) is 15.4. The minimum Gasteiger partial charge on any atom is -0.382 e. The van der Waals surface area contributed by atoms with Crippen LogP contribution < -0.4 is 0 Å². The molecule has 0 heterocycles. The van der Waals surface area contributed by atoms with E-state index in [1.807, 2.05) is 0 Å². The predicted octanol–water partition coefficient (Wildman–Crippen LogP) is 8.91. The Morgan fingerprint density at radius 3 is 0.833 bits per heavy atom. The molecule has 0 unspecified atom stereocenters. The average Bonchev–Trinajstić information content (AvgIpc) is 2.70. The summed E-state index contributed by atoms with van der Waals surface area (Å²) in [5.74, 6) is -13.9. The zero-order chi connectivity index (χ0) is 34.7. The maximum absolute atomic E-state index is 13.6. The van der Waals surface area contributed by atoms with Gasteiger partial charge in [0, 0.05) is 26.4 Å². The van der Waals surface area contributed by atoms with E-state index in [0.29, 0.717) is 0 Å². The maximum Gasteiger partial charge on any atom is 0.524 e. The summed E-state index contributed by atoms with van der Waals surface area (Å²) in [5.41, 5.74) is -6.05. The van der Waals surface area contributed by atoms with E-state index >= 15 is 0 Å². The lowest BCUT2D eigenvalue weighted by atomic mass is 10.1. The maximum atomic E-state index is 13.6. The largest absolute Gasteiger partial charge is 0.524 e. The van der Waals surface area contributed by atoms with Gasteiger partial charge in [-0.3, -0.25) is 0 Å². The molecule has 0 aliphatic rings. The number of hydrogen-bond donors (Lipinski definition) is 0.